The number of nitrogens with one attached hydrogen (secondary N) is 1. The van der Waals surface area contributed by atoms with E-state index < -0.39 is 6.09 Å². The predicted molar refractivity (Wildman–Crippen MR) is 101 cm³/mol. The van der Waals surface area contributed by atoms with Gasteiger partial charge in [0, 0.05) is 18.5 Å². The van der Waals surface area contributed by atoms with Crippen LogP contribution in [-0.4, -0.2) is 39.2 Å². The van der Waals surface area contributed by atoms with E-state index in [4.69, 9.17) is 9.47 Å². The molecule has 29 heavy (non-hydrogen) atoms. The van der Waals surface area contributed by atoms with Gasteiger partial charge in [0.15, 0.2) is 5.82 Å². The summed E-state index contributed by atoms with van der Waals surface area (Å²) < 4.78 is 23.6. The first-order valence-electron chi connectivity index (χ1n) is 8.89. The van der Waals surface area contributed by atoms with E-state index in [0.29, 0.717) is 42.4 Å². The molecule has 0 spiro atoms. The van der Waals surface area contributed by atoms with Gasteiger partial charge in [-0.1, -0.05) is 0 Å². The summed E-state index contributed by atoms with van der Waals surface area (Å²) in [5.74, 6) is 1.67. The van der Waals surface area contributed by atoms with Crippen molar-refractivity contribution in [1.29, 1.82) is 0 Å². The number of hydrogen-bond donors (Lipinski definition) is 1. The van der Waals surface area contributed by atoms with Crippen LogP contribution >= 0.6 is 0 Å². The van der Waals surface area contributed by atoms with Crippen molar-refractivity contribution >= 4 is 17.9 Å². The van der Waals surface area contributed by atoms with Crippen LogP contribution in [0.4, 0.5) is 21.0 Å². The fourth-order valence-electron chi connectivity index (χ4n) is 2.67. The van der Waals surface area contributed by atoms with Crippen LogP contribution in [0.15, 0.2) is 48.8 Å². The zero-order chi connectivity index (χ0) is 20.2. The van der Waals surface area contributed by atoms with Crippen LogP contribution in [-0.2, 0) is 4.74 Å². The molecular formula is C19H17FN6O3. The number of hydrogen-bond acceptors (Lipinski definition) is 8. The van der Waals surface area contributed by atoms with Crippen molar-refractivity contribution < 1.29 is 18.7 Å². The molecule has 0 saturated carbocycles. The lowest BCUT2D eigenvalue weighted by Gasteiger charge is -2.16. The van der Waals surface area contributed by atoms with Crippen molar-refractivity contribution in [2.24, 2.45) is 0 Å². The zero-order valence-electron chi connectivity index (χ0n) is 15.4. The van der Waals surface area contributed by atoms with Gasteiger partial charge >= 0.3 is 6.09 Å². The Labute approximate surface area is 165 Å². The average molecular weight is 396 g/mol. The molecule has 3 aromatic rings. The second kappa shape index (κ2) is 8.05. The van der Waals surface area contributed by atoms with Crippen LogP contribution in [0.2, 0.25) is 0 Å². The lowest BCUT2D eigenvalue weighted by atomic mass is 10.3. The van der Waals surface area contributed by atoms with E-state index in [1.54, 1.807) is 24.5 Å². The molecule has 4 rings (SSSR count). The smallest absolute Gasteiger partial charge is 0.415 e. The molecule has 1 aromatic carbocycles. The number of rotatable bonds is 6. The highest BCUT2D eigenvalue weighted by Gasteiger charge is 2.25. The number of amides is 1. The minimum absolute atomic E-state index is 0.322. The molecule has 1 aliphatic rings. The maximum absolute atomic E-state index is 13.0. The Morgan fingerprint density at radius 3 is 2.69 bits per heavy atom. The van der Waals surface area contributed by atoms with Crippen LogP contribution < -0.4 is 15.0 Å². The molecule has 1 saturated heterocycles. The number of carbonyl (C=O) groups is 1. The lowest BCUT2D eigenvalue weighted by molar-refractivity contribution is 0.181. The standard InChI is InChI=1S/C19H17FN6O3/c1-12(23-18-22-8-6-15(24-18)26-10-11-28-19(26)27)17-21-9-7-16(25-17)29-14-4-2-13(20)3-5-14/h2-9,12H,10-11H2,1H3,(H,22,23,24). The normalized spacial score (nSPS) is 14.4. The van der Waals surface area contributed by atoms with Crippen molar-refractivity contribution in [2.75, 3.05) is 23.4 Å². The number of ether oxygens (including phenoxy) is 2. The van der Waals surface area contributed by atoms with Gasteiger partial charge in [0.05, 0.1) is 12.6 Å². The number of aromatic nitrogens is 4. The minimum atomic E-state index is -0.434. The summed E-state index contributed by atoms with van der Waals surface area (Å²) >= 11 is 0. The second-order valence-corrected chi connectivity index (χ2v) is 6.18. The van der Waals surface area contributed by atoms with Gasteiger partial charge in [0.2, 0.25) is 11.8 Å². The molecule has 1 amide bonds. The van der Waals surface area contributed by atoms with Gasteiger partial charge in [-0.05, 0) is 37.3 Å². The zero-order valence-corrected chi connectivity index (χ0v) is 15.4. The summed E-state index contributed by atoms with van der Waals surface area (Å²) in [6.45, 7) is 2.62. The Morgan fingerprint density at radius 1 is 1.14 bits per heavy atom. The summed E-state index contributed by atoms with van der Waals surface area (Å²) in [5, 5.41) is 3.10. The summed E-state index contributed by atoms with van der Waals surface area (Å²) in [6.07, 6.45) is 2.69. The lowest BCUT2D eigenvalue weighted by Crippen LogP contribution is -2.25. The monoisotopic (exact) mass is 396 g/mol. The van der Waals surface area contributed by atoms with Crippen LogP contribution in [0.5, 0.6) is 11.6 Å². The molecule has 2 aromatic heterocycles. The first-order chi connectivity index (χ1) is 14.1. The molecule has 1 atom stereocenters. The van der Waals surface area contributed by atoms with Gasteiger partial charge in [-0.25, -0.2) is 19.2 Å². The highest BCUT2D eigenvalue weighted by atomic mass is 19.1. The molecule has 0 radical (unpaired) electrons. The van der Waals surface area contributed by atoms with Crippen molar-refractivity contribution in [3.63, 3.8) is 0 Å². The quantitative estimate of drug-likeness (QED) is 0.677. The molecule has 9 nitrogen and oxygen atoms in total. The third kappa shape index (κ3) is 4.37. The van der Waals surface area contributed by atoms with E-state index in [9.17, 15) is 9.18 Å². The molecule has 10 heteroatoms. The third-order valence-corrected chi connectivity index (χ3v) is 4.10. The highest BCUT2D eigenvalue weighted by Crippen LogP contribution is 2.22. The number of cyclic esters (lactones) is 1. The Kier molecular flexibility index (Phi) is 5.14. The van der Waals surface area contributed by atoms with Crippen molar-refractivity contribution in [3.8, 4) is 11.6 Å². The maximum atomic E-state index is 13.0. The van der Waals surface area contributed by atoms with Crippen molar-refractivity contribution in [1.82, 2.24) is 19.9 Å². The van der Waals surface area contributed by atoms with Gasteiger partial charge in [0.1, 0.15) is 24.0 Å². The minimum Gasteiger partial charge on any atom is -0.447 e. The highest BCUT2D eigenvalue weighted by molar-refractivity contribution is 5.88. The van der Waals surface area contributed by atoms with Gasteiger partial charge < -0.3 is 14.8 Å². The molecule has 0 bridgehead atoms. The number of nitrogens with zero attached hydrogens (tertiary/aromatic N) is 5. The van der Waals surface area contributed by atoms with Crippen molar-refractivity contribution in [3.05, 3.63) is 60.4 Å². The van der Waals surface area contributed by atoms with E-state index in [2.05, 4.69) is 25.3 Å². The van der Waals surface area contributed by atoms with E-state index in [-0.39, 0.29) is 11.9 Å². The Balaban J connectivity index is 1.46. The largest absolute Gasteiger partial charge is 0.447 e. The van der Waals surface area contributed by atoms with Crippen LogP contribution in [0, 0.1) is 5.82 Å². The SMILES string of the molecule is CC(Nc1nccc(N2CCOC2=O)n1)c1nccc(Oc2ccc(F)cc2)n1. The molecular weight excluding hydrogens is 379 g/mol. The third-order valence-electron chi connectivity index (χ3n) is 4.10. The number of benzene rings is 1. The van der Waals surface area contributed by atoms with E-state index >= 15 is 0 Å². The molecule has 1 aliphatic heterocycles. The fraction of sp³-hybridized carbons (Fsp3) is 0.211. The molecule has 0 aliphatic carbocycles. The van der Waals surface area contributed by atoms with Gasteiger partial charge in [-0.15, -0.1) is 0 Å². The Hall–Kier alpha value is -3.82. The Morgan fingerprint density at radius 2 is 1.93 bits per heavy atom. The maximum Gasteiger partial charge on any atom is 0.415 e. The molecule has 148 valence electrons. The summed E-state index contributed by atoms with van der Waals surface area (Å²) in [4.78, 5) is 30.3. The topological polar surface area (TPSA) is 102 Å². The summed E-state index contributed by atoms with van der Waals surface area (Å²) in [6, 6.07) is 8.55. The first kappa shape index (κ1) is 18.5. The fourth-order valence-corrected chi connectivity index (χ4v) is 2.67. The molecule has 1 unspecified atom stereocenters. The number of anilines is 2. The first-order valence-corrected chi connectivity index (χ1v) is 8.89. The Bertz CT molecular complexity index is 1020. The van der Waals surface area contributed by atoms with Crippen LogP contribution in [0.1, 0.15) is 18.8 Å². The number of carbonyl (C=O) groups excluding carboxylic acids is 1. The van der Waals surface area contributed by atoms with E-state index in [1.807, 2.05) is 6.92 Å². The summed E-state index contributed by atoms with van der Waals surface area (Å²) in [7, 11) is 0. The van der Waals surface area contributed by atoms with E-state index in [1.165, 1.54) is 29.2 Å². The van der Waals surface area contributed by atoms with Gasteiger partial charge in [-0.3, -0.25) is 4.90 Å². The number of halogens is 1. The average Bonchev–Trinajstić information content (AvgIpc) is 3.16. The molecule has 1 fully saturated rings. The van der Waals surface area contributed by atoms with Gasteiger partial charge in [-0.2, -0.15) is 9.97 Å². The van der Waals surface area contributed by atoms with E-state index in [0.717, 1.165) is 0 Å². The van der Waals surface area contributed by atoms with Crippen molar-refractivity contribution in [2.45, 2.75) is 13.0 Å². The second-order valence-electron chi connectivity index (χ2n) is 6.18. The molecule has 3 heterocycles. The molecule has 1 N–H and O–H groups in total. The van der Waals surface area contributed by atoms with Crippen LogP contribution in [0.3, 0.4) is 0 Å². The summed E-state index contributed by atoms with van der Waals surface area (Å²) in [5.41, 5.74) is 0. The predicted octanol–water partition coefficient (Wildman–Crippen LogP) is 3.33. The van der Waals surface area contributed by atoms with Crippen LogP contribution in [0.25, 0.3) is 0 Å². The van der Waals surface area contributed by atoms with Gasteiger partial charge in [0.25, 0.3) is 0 Å².